The molecule has 8 heteroatoms. The molecule has 19 heavy (non-hydrogen) atoms. The molecule has 0 N–H and O–H groups in total. The fourth-order valence-electron chi connectivity index (χ4n) is 2.06. The van der Waals surface area contributed by atoms with Crippen molar-refractivity contribution in [2.24, 2.45) is 11.0 Å². The van der Waals surface area contributed by atoms with E-state index < -0.39 is 0 Å². The third kappa shape index (κ3) is 3.15. The number of rotatable bonds is 3. The molecule has 0 bridgehead atoms. The van der Waals surface area contributed by atoms with E-state index in [1.807, 2.05) is 0 Å². The molecule has 0 aromatic heterocycles. The van der Waals surface area contributed by atoms with Gasteiger partial charge >= 0.3 is 0 Å². The van der Waals surface area contributed by atoms with Crippen LogP contribution in [0.25, 0.3) is 10.4 Å². The molecule has 1 aliphatic rings. The maximum atomic E-state index is 12.0. The highest BCUT2D eigenvalue weighted by Crippen LogP contribution is 2.39. The van der Waals surface area contributed by atoms with Crippen LogP contribution in [0.3, 0.4) is 0 Å². The zero-order valence-corrected chi connectivity index (χ0v) is 12.8. The van der Waals surface area contributed by atoms with Crippen molar-refractivity contribution in [1.82, 2.24) is 0 Å². The summed E-state index contributed by atoms with van der Waals surface area (Å²) in [7, 11) is 0. The predicted octanol–water partition coefficient (Wildman–Crippen LogP) is 4.42. The van der Waals surface area contributed by atoms with E-state index in [1.165, 1.54) is 0 Å². The van der Waals surface area contributed by atoms with Gasteiger partial charge in [0.1, 0.15) is 0 Å². The summed E-state index contributed by atoms with van der Waals surface area (Å²) in [6, 6.07) is 3.29. The molecule has 0 aliphatic carbocycles. The van der Waals surface area contributed by atoms with Crippen LogP contribution in [0.15, 0.2) is 21.7 Å². The molecule has 1 aliphatic heterocycles. The first-order valence-corrected chi connectivity index (χ1v) is 7.03. The lowest BCUT2D eigenvalue weighted by Gasteiger charge is -2.20. The third-order valence-corrected chi connectivity index (χ3v) is 3.97. The number of hydrogen-bond acceptors (Lipinski definition) is 2. The van der Waals surface area contributed by atoms with Crippen molar-refractivity contribution in [2.45, 2.75) is 6.42 Å². The Kier molecular flexibility index (Phi) is 4.58. The second-order valence-corrected chi connectivity index (χ2v) is 5.90. The molecule has 1 unspecified atom stereocenters. The highest BCUT2D eigenvalue weighted by molar-refractivity contribution is 9.10. The Morgan fingerprint density at radius 2 is 2.26 bits per heavy atom. The normalized spacial score (nSPS) is 18.6. The third-order valence-electron chi connectivity index (χ3n) is 2.86. The van der Waals surface area contributed by atoms with E-state index >= 15 is 0 Å². The van der Waals surface area contributed by atoms with E-state index in [0.717, 1.165) is 0 Å². The average Bonchev–Trinajstić information content (AvgIpc) is 2.67. The van der Waals surface area contributed by atoms with Gasteiger partial charge in [0, 0.05) is 33.9 Å². The van der Waals surface area contributed by atoms with Crippen molar-refractivity contribution < 1.29 is 4.79 Å². The molecule has 1 saturated heterocycles. The first-order valence-electron chi connectivity index (χ1n) is 5.48. The van der Waals surface area contributed by atoms with E-state index in [0.29, 0.717) is 39.7 Å². The quantitative estimate of drug-likeness (QED) is 0.445. The average molecular weight is 364 g/mol. The molecule has 1 fully saturated rings. The van der Waals surface area contributed by atoms with Gasteiger partial charge in [0.15, 0.2) is 0 Å². The number of benzene rings is 1. The maximum absolute atomic E-state index is 12.0. The molecule has 1 aromatic rings. The molecule has 1 aromatic carbocycles. The Morgan fingerprint density at radius 1 is 1.53 bits per heavy atom. The van der Waals surface area contributed by atoms with Crippen LogP contribution >= 0.6 is 39.1 Å². The van der Waals surface area contributed by atoms with Crippen molar-refractivity contribution in [3.8, 4) is 0 Å². The highest BCUT2D eigenvalue weighted by atomic mass is 79.9. The van der Waals surface area contributed by atoms with Gasteiger partial charge < -0.3 is 4.90 Å². The number of anilines is 1. The second kappa shape index (κ2) is 6.01. The molecule has 0 spiro atoms. The summed E-state index contributed by atoms with van der Waals surface area (Å²) in [5.74, 6) is -0.0230. The van der Waals surface area contributed by atoms with Crippen LogP contribution in [-0.4, -0.2) is 19.0 Å². The topological polar surface area (TPSA) is 69.1 Å². The SMILES string of the molecule is [N-]=[N+]=NCC1CC(=O)N(c2c(Cl)cc(Cl)cc2Br)C1. The van der Waals surface area contributed by atoms with Gasteiger partial charge in [0.05, 0.1) is 10.7 Å². The Morgan fingerprint density at radius 3 is 2.89 bits per heavy atom. The molecule has 0 saturated carbocycles. The Balaban J connectivity index is 2.28. The fourth-order valence-corrected chi connectivity index (χ4v) is 3.58. The monoisotopic (exact) mass is 362 g/mol. The first kappa shape index (κ1) is 14.5. The van der Waals surface area contributed by atoms with E-state index in [1.54, 1.807) is 17.0 Å². The maximum Gasteiger partial charge on any atom is 0.227 e. The first-order chi connectivity index (χ1) is 9.02. The van der Waals surface area contributed by atoms with Gasteiger partial charge in [0.25, 0.3) is 0 Å². The van der Waals surface area contributed by atoms with E-state index in [2.05, 4.69) is 26.0 Å². The van der Waals surface area contributed by atoms with E-state index in [4.69, 9.17) is 28.7 Å². The number of halogens is 3. The Hall–Kier alpha value is -0.940. The van der Waals surface area contributed by atoms with Gasteiger partial charge in [-0.3, -0.25) is 4.79 Å². The number of amides is 1. The van der Waals surface area contributed by atoms with Crippen LogP contribution in [0.5, 0.6) is 0 Å². The Bertz CT molecular complexity index is 551. The minimum Gasteiger partial charge on any atom is -0.310 e. The fraction of sp³-hybridized carbons (Fsp3) is 0.364. The number of nitrogens with zero attached hydrogens (tertiary/aromatic N) is 4. The molecular formula is C11H9BrCl2N4O. The molecule has 1 atom stereocenters. The van der Waals surface area contributed by atoms with Gasteiger partial charge in [-0.25, -0.2) is 0 Å². The van der Waals surface area contributed by atoms with Crippen LogP contribution in [0.4, 0.5) is 5.69 Å². The van der Waals surface area contributed by atoms with Crippen LogP contribution in [-0.2, 0) is 4.79 Å². The van der Waals surface area contributed by atoms with E-state index in [-0.39, 0.29) is 11.8 Å². The van der Waals surface area contributed by atoms with Crippen molar-refractivity contribution >= 4 is 50.7 Å². The van der Waals surface area contributed by atoms with Crippen LogP contribution in [0.1, 0.15) is 6.42 Å². The largest absolute Gasteiger partial charge is 0.310 e. The molecule has 1 amide bonds. The van der Waals surface area contributed by atoms with Crippen LogP contribution in [0, 0.1) is 5.92 Å². The van der Waals surface area contributed by atoms with Gasteiger partial charge in [-0.1, -0.05) is 28.3 Å². The predicted molar refractivity (Wildman–Crippen MR) is 78.6 cm³/mol. The smallest absolute Gasteiger partial charge is 0.227 e. The molecule has 1 heterocycles. The number of hydrogen-bond donors (Lipinski definition) is 0. The van der Waals surface area contributed by atoms with Crippen LogP contribution < -0.4 is 4.90 Å². The van der Waals surface area contributed by atoms with Crippen LogP contribution in [0.2, 0.25) is 10.0 Å². The summed E-state index contributed by atoms with van der Waals surface area (Å²) in [6.07, 6.45) is 0.352. The van der Waals surface area contributed by atoms with Gasteiger partial charge in [-0.2, -0.15) is 0 Å². The lowest BCUT2D eigenvalue weighted by Crippen LogP contribution is -2.25. The lowest BCUT2D eigenvalue weighted by molar-refractivity contribution is -0.117. The zero-order valence-electron chi connectivity index (χ0n) is 9.68. The highest BCUT2D eigenvalue weighted by Gasteiger charge is 2.32. The van der Waals surface area contributed by atoms with Gasteiger partial charge in [-0.05, 0) is 39.5 Å². The van der Waals surface area contributed by atoms with E-state index in [9.17, 15) is 4.79 Å². The summed E-state index contributed by atoms with van der Waals surface area (Å²) in [5, 5.41) is 4.42. The second-order valence-electron chi connectivity index (χ2n) is 4.21. The van der Waals surface area contributed by atoms with Crippen molar-refractivity contribution in [1.29, 1.82) is 0 Å². The summed E-state index contributed by atoms with van der Waals surface area (Å²) < 4.78 is 0.669. The Labute approximate surface area is 128 Å². The van der Waals surface area contributed by atoms with Crippen molar-refractivity contribution in [3.05, 3.63) is 37.1 Å². The number of carbonyl (C=O) groups is 1. The lowest BCUT2D eigenvalue weighted by atomic mass is 10.1. The van der Waals surface area contributed by atoms with Crippen molar-refractivity contribution in [3.63, 3.8) is 0 Å². The summed E-state index contributed by atoms with van der Waals surface area (Å²) in [6.45, 7) is 0.791. The molecule has 0 radical (unpaired) electrons. The minimum atomic E-state index is -0.0388. The zero-order chi connectivity index (χ0) is 14.0. The molecule has 2 rings (SSSR count). The number of carbonyl (C=O) groups excluding carboxylic acids is 1. The molecule has 5 nitrogen and oxygen atoms in total. The minimum absolute atomic E-state index is 0.0158. The standard InChI is InChI=1S/C11H9BrCl2N4O/c12-8-2-7(13)3-9(14)11(8)18-5-6(1-10(18)19)4-16-17-15/h2-3,6H,1,4-5H2. The molecule has 100 valence electrons. The summed E-state index contributed by atoms with van der Waals surface area (Å²) >= 11 is 15.4. The van der Waals surface area contributed by atoms with Gasteiger partial charge in [0.2, 0.25) is 5.91 Å². The van der Waals surface area contributed by atoms with Crippen molar-refractivity contribution in [2.75, 3.05) is 18.0 Å². The summed E-state index contributed by atoms with van der Waals surface area (Å²) in [4.78, 5) is 16.3. The molecular weight excluding hydrogens is 355 g/mol. The van der Waals surface area contributed by atoms with Gasteiger partial charge in [-0.15, -0.1) is 0 Å². The summed E-state index contributed by atoms with van der Waals surface area (Å²) in [5.41, 5.74) is 8.92. The number of azide groups is 1.